The van der Waals surface area contributed by atoms with Crippen LogP contribution in [0.25, 0.3) is 0 Å². The maximum atomic E-state index is 11.2. The van der Waals surface area contributed by atoms with Crippen LogP contribution in [-0.4, -0.2) is 26.0 Å². The number of carbonyl (C=O) groups is 1. The highest BCUT2D eigenvalue weighted by atomic mass is 16.5. The molecule has 0 saturated carbocycles. The number of nitrogens with zero attached hydrogens (tertiary/aromatic N) is 2. The van der Waals surface area contributed by atoms with Crippen molar-refractivity contribution in [3.8, 4) is 11.5 Å². The molecule has 0 aliphatic heterocycles. The SMILES string of the molecule is CC(C)n1ncc(C(=O)O)c1COc1cccc(O)c1. The summed E-state index contributed by atoms with van der Waals surface area (Å²) in [5.74, 6) is -0.470. The van der Waals surface area contributed by atoms with E-state index in [0.29, 0.717) is 11.4 Å². The fraction of sp³-hybridized carbons (Fsp3) is 0.286. The number of benzene rings is 1. The molecule has 0 saturated heterocycles. The molecule has 0 fully saturated rings. The van der Waals surface area contributed by atoms with Crippen LogP contribution in [0.15, 0.2) is 30.5 Å². The van der Waals surface area contributed by atoms with Crippen molar-refractivity contribution in [1.29, 1.82) is 0 Å². The fourth-order valence-electron chi connectivity index (χ4n) is 1.88. The third kappa shape index (κ3) is 2.90. The smallest absolute Gasteiger partial charge is 0.339 e. The van der Waals surface area contributed by atoms with Crippen LogP contribution >= 0.6 is 0 Å². The maximum Gasteiger partial charge on any atom is 0.339 e. The Kier molecular flexibility index (Phi) is 3.93. The minimum absolute atomic E-state index is 0.0332. The van der Waals surface area contributed by atoms with Gasteiger partial charge in [-0.05, 0) is 26.0 Å². The second-order valence-corrected chi connectivity index (χ2v) is 4.63. The molecule has 0 aliphatic carbocycles. The van der Waals surface area contributed by atoms with Gasteiger partial charge in [-0.3, -0.25) is 4.68 Å². The number of aromatic nitrogens is 2. The highest BCUT2D eigenvalue weighted by molar-refractivity contribution is 5.88. The number of hydrogen-bond donors (Lipinski definition) is 2. The van der Waals surface area contributed by atoms with Gasteiger partial charge >= 0.3 is 5.97 Å². The minimum Gasteiger partial charge on any atom is -0.508 e. The van der Waals surface area contributed by atoms with E-state index >= 15 is 0 Å². The molecule has 1 heterocycles. The molecule has 6 nitrogen and oxygen atoms in total. The molecule has 0 unspecified atom stereocenters. The maximum absolute atomic E-state index is 11.2. The van der Waals surface area contributed by atoms with Crippen LogP contribution in [0.5, 0.6) is 11.5 Å². The Morgan fingerprint density at radius 3 is 2.80 bits per heavy atom. The van der Waals surface area contributed by atoms with Crippen molar-refractivity contribution >= 4 is 5.97 Å². The van der Waals surface area contributed by atoms with Gasteiger partial charge in [0.1, 0.15) is 23.7 Å². The quantitative estimate of drug-likeness (QED) is 0.876. The molecular weight excluding hydrogens is 260 g/mol. The fourth-order valence-corrected chi connectivity index (χ4v) is 1.88. The van der Waals surface area contributed by atoms with Gasteiger partial charge in [0.2, 0.25) is 0 Å². The summed E-state index contributed by atoms with van der Waals surface area (Å²) in [4.78, 5) is 11.2. The Hall–Kier alpha value is -2.50. The van der Waals surface area contributed by atoms with E-state index in [-0.39, 0.29) is 24.0 Å². The number of carboxylic acid groups (broad SMARTS) is 1. The number of phenols is 1. The largest absolute Gasteiger partial charge is 0.508 e. The summed E-state index contributed by atoms with van der Waals surface area (Å²) in [7, 11) is 0. The van der Waals surface area contributed by atoms with Crippen LogP contribution in [-0.2, 0) is 6.61 Å². The van der Waals surface area contributed by atoms with E-state index < -0.39 is 5.97 Å². The summed E-state index contributed by atoms with van der Waals surface area (Å²) in [5, 5.41) is 22.6. The van der Waals surface area contributed by atoms with Crippen molar-refractivity contribution in [2.24, 2.45) is 0 Å². The molecule has 0 atom stereocenters. The van der Waals surface area contributed by atoms with Crippen molar-refractivity contribution in [2.75, 3.05) is 0 Å². The Bertz CT molecular complexity index is 619. The summed E-state index contributed by atoms with van der Waals surface area (Å²) < 4.78 is 7.15. The molecule has 2 aromatic rings. The average Bonchev–Trinajstić information content (AvgIpc) is 2.80. The van der Waals surface area contributed by atoms with Crippen molar-refractivity contribution < 1.29 is 19.7 Å². The number of phenolic OH excluding ortho intramolecular Hbond substituents is 1. The number of rotatable bonds is 5. The number of ether oxygens (including phenoxy) is 1. The lowest BCUT2D eigenvalue weighted by Crippen LogP contribution is -2.13. The minimum atomic E-state index is -1.04. The third-order valence-electron chi connectivity index (χ3n) is 2.81. The molecule has 0 aliphatic rings. The monoisotopic (exact) mass is 276 g/mol. The molecule has 106 valence electrons. The van der Waals surface area contributed by atoms with E-state index in [2.05, 4.69) is 5.10 Å². The van der Waals surface area contributed by atoms with Crippen molar-refractivity contribution in [1.82, 2.24) is 9.78 Å². The highest BCUT2D eigenvalue weighted by Gasteiger charge is 2.18. The molecule has 6 heteroatoms. The number of hydrogen-bond acceptors (Lipinski definition) is 4. The Labute approximate surface area is 116 Å². The van der Waals surface area contributed by atoms with Gasteiger partial charge in [0, 0.05) is 12.1 Å². The van der Waals surface area contributed by atoms with Crippen LogP contribution in [0, 0.1) is 0 Å². The summed E-state index contributed by atoms with van der Waals surface area (Å²) >= 11 is 0. The topological polar surface area (TPSA) is 84.6 Å². The van der Waals surface area contributed by atoms with E-state index in [9.17, 15) is 9.90 Å². The van der Waals surface area contributed by atoms with Crippen molar-refractivity contribution in [3.05, 3.63) is 41.7 Å². The second kappa shape index (κ2) is 5.64. The zero-order chi connectivity index (χ0) is 14.7. The normalized spacial score (nSPS) is 10.8. The lowest BCUT2D eigenvalue weighted by molar-refractivity contribution is 0.0693. The molecular formula is C14H16N2O4. The lowest BCUT2D eigenvalue weighted by Gasteiger charge is -2.13. The number of aromatic hydroxyl groups is 1. The first-order chi connectivity index (χ1) is 9.49. The highest BCUT2D eigenvalue weighted by Crippen LogP contribution is 2.21. The van der Waals surface area contributed by atoms with Gasteiger partial charge in [0.15, 0.2) is 0 Å². The van der Waals surface area contributed by atoms with E-state index in [1.54, 1.807) is 16.8 Å². The summed E-state index contributed by atoms with van der Waals surface area (Å²) in [6, 6.07) is 6.38. The van der Waals surface area contributed by atoms with Crippen molar-refractivity contribution in [2.45, 2.75) is 26.5 Å². The lowest BCUT2D eigenvalue weighted by atomic mass is 10.2. The molecule has 0 spiro atoms. The summed E-state index contributed by atoms with van der Waals surface area (Å²) in [6.07, 6.45) is 1.32. The molecule has 0 amide bonds. The molecule has 2 rings (SSSR count). The first-order valence-corrected chi connectivity index (χ1v) is 6.20. The zero-order valence-electron chi connectivity index (χ0n) is 11.3. The average molecular weight is 276 g/mol. The van der Waals surface area contributed by atoms with Gasteiger partial charge in [0.25, 0.3) is 0 Å². The third-order valence-corrected chi connectivity index (χ3v) is 2.81. The first kappa shape index (κ1) is 13.9. The van der Waals surface area contributed by atoms with Gasteiger partial charge < -0.3 is 14.9 Å². The number of aromatic carboxylic acids is 1. The molecule has 20 heavy (non-hydrogen) atoms. The Morgan fingerprint density at radius 2 is 2.20 bits per heavy atom. The Balaban J connectivity index is 2.23. The summed E-state index contributed by atoms with van der Waals surface area (Å²) in [5.41, 5.74) is 0.620. The predicted molar refractivity (Wildman–Crippen MR) is 72.0 cm³/mol. The Morgan fingerprint density at radius 1 is 1.45 bits per heavy atom. The standard InChI is InChI=1S/C14H16N2O4/c1-9(2)16-13(12(7-15-16)14(18)19)8-20-11-5-3-4-10(17)6-11/h3-7,9,17H,8H2,1-2H3,(H,18,19). The van der Waals surface area contributed by atoms with Crippen molar-refractivity contribution in [3.63, 3.8) is 0 Å². The van der Waals surface area contributed by atoms with Crippen LogP contribution < -0.4 is 4.74 Å². The van der Waals surface area contributed by atoms with Crippen LogP contribution in [0.1, 0.15) is 35.9 Å². The zero-order valence-corrected chi connectivity index (χ0v) is 11.3. The van der Waals surface area contributed by atoms with E-state index in [1.165, 1.54) is 18.3 Å². The van der Waals surface area contributed by atoms with E-state index in [4.69, 9.17) is 9.84 Å². The van der Waals surface area contributed by atoms with Gasteiger partial charge in [-0.15, -0.1) is 0 Å². The molecule has 0 radical (unpaired) electrons. The van der Waals surface area contributed by atoms with Crippen LogP contribution in [0.3, 0.4) is 0 Å². The van der Waals surface area contributed by atoms with Gasteiger partial charge in [-0.2, -0.15) is 5.10 Å². The van der Waals surface area contributed by atoms with Gasteiger partial charge in [-0.1, -0.05) is 6.07 Å². The molecule has 2 N–H and O–H groups in total. The molecule has 1 aromatic carbocycles. The first-order valence-electron chi connectivity index (χ1n) is 6.20. The van der Waals surface area contributed by atoms with Gasteiger partial charge in [0.05, 0.1) is 11.9 Å². The molecule has 1 aromatic heterocycles. The number of carboxylic acids is 1. The summed E-state index contributed by atoms with van der Waals surface area (Å²) in [6.45, 7) is 3.90. The molecule has 0 bridgehead atoms. The van der Waals surface area contributed by atoms with E-state index in [0.717, 1.165) is 0 Å². The van der Waals surface area contributed by atoms with Gasteiger partial charge in [-0.25, -0.2) is 4.79 Å². The van der Waals surface area contributed by atoms with Crippen LogP contribution in [0.4, 0.5) is 0 Å². The second-order valence-electron chi connectivity index (χ2n) is 4.63. The van der Waals surface area contributed by atoms with E-state index in [1.807, 2.05) is 13.8 Å². The predicted octanol–water partition coefficient (Wildman–Crippen LogP) is 2.45. The van der Waals surface area contributed by atoms with Crippen LogP contribution in [0.2, 0.25) is 0 Å².